The number of rotatable bonds is 20. The van der Waals surface area contributed by atoms with Gasteiger partial charge < -0.3 is 0 Å². The third-order valence-electron chi connectivity index (χ3n) is 9.68. The van der Waals surface area contributed by atoms with E-state index < -0.39 is 0 Å². The molecule has 0 nitrogen and oxygen atoms in total. The smallest absolute Gasteiger partial charge is 0.0605 e. The Balaban J connectivity index is 1.00. The standard InChI is InChI=1S/C48H44S12/c1-4-7-26-49-45-23-20-39(57-45)36-14-12-33(53-36)32-11-10-31(52-32)30-29-44(42-17-16-38(55-42)41-22-25-47(59-41)51-28-9-6-3)60-48(30)43-19-18-35(56-43)34-13-15-37(54-34)40-21-24-46(58-40)50-27-8-5-2/h10-25,29H,4-9,26-28H2,1-3H3. The maximum atomic E-state index is 2.48. The monoisotopic (exact) mass is 1000 g/mol. The van der Waals surface area contributed by atoms with Crippen molar-refractivity contribution in [1.82, 2.24) is 0 Å². The molecule has 12 heteroatoms. The summed E-state index contributed by atoms with van der Waals surface area (Å²) in [6.07, 6.45) is 7.57. The zero-order chi connectivity index (χ0) is 40.8. The molecule has 0 bridgehead atoms. The summed E-state index contributed by atoms with van der Waals surface area (Å²) in [6, 6.07) is 39.8. The normalized spacial score (nSPS) is 11.7. The van der Waals surface area contributed by atoms with Crippen molar-refractivity contribution in [3.05, 3.63) is 103 Å². The second-order valence-corrected chi connectivity index (χ2v) is 28.0. The molecular weight excluding hydrogens is 961 g/mol. The van der Waals surface area contributed by atoms with Crippen LogP contribution in [0.25, 0.3) is 78.7 Å². The second kappa shape index (κ2) is 20.9. The highest BCUT2D eigenvalue weighted by molar-refractivity contribution is 8.01. The maximum Gasteiger partial charge on any atom is 0.0605 e. The van der Waals surface area contributed by atoms with Crippen molar-refractivity contribution in [3.8, 4) is 78.7 Å². The van der Waals surface area contributed by atoms with E-state index in [9.17, 15) is 0 Å². The van der Waals surface area contributed by atoms with E-state index in [1.54, 1.807) is 0 Å². The molecule has 0 saturated heterocycles. The number of hydrogen-bond acceptors (Lipinski definition) is 12. The molecule has 9 heterocycles. The van der Waals surface area contributed by atoms with Gasteiger partial charge in [0.1, 0.15) is 0 Å². The molecule has 60 heavy (non-hydrogen) atoms. The minimum atomic E-state index is 1.20. The van der Waals surface area contributed by atoms with Gasteiger partial charge in [-0.3, -0.25) is 0 Å². The Hall–Kier alpha value is -1.65. The highest BCUT2D eigenvalue weighted by Crippen LogP contribution is 2.52. The van der Waals surface area contributed by atoms with Crippen LogP contribution in [0.5, 0.6) is 0 Å². The summed E-state index contributed by atoms with van der Waals surface area (Å²) in [5, 5.41) is 0. The van der Waals surface area contributed by atoms with Crippen LogP contribution in [0.15, 0.2) is 116 Å². The lowest BCUT2D eigenvalue weighted by Crippen LogP contribution is -1.73. The Bertz CT molecular complexity index is 2600. The fourth-order valence-corrected chi connectivity index (χ4v) is 20.3. The summed E-state index contributed by atoms with van der Waals surface area (Å²) in [5.74, 6) is 3.61. The summed E-state index contributed by atoms with van der Waals surface area (Å²) in [4.78, 5) is 20.4. The predicted octanol–water partition coefficient (Wildman–Crippen LogP) is 21.3. The minimum absolute atomic E-state index is 1.20. The first kappa shape index (κ1) is 43.6. The number of unbranched alkanes of at least 4 members (excludes halogenated alkanes) is 3. The Morgan fingerprint density at radius 3 is 0.967 bits per heavy atom. The van der Waals surface area contributed by atoms with Crippen molar-refractivity contribution in [2.24, 2.45) is 0 Å². The zero-order valence-corrected chi connectivity index (χ0v) is 43.4. The van der Waals surface area contributed by atoms with Crippen molar-refractivity contribution in [2.75, 3.05) is 17.3 Å². The number of thiophene rings is 9. The fraction of sp³-hybridized carbons (Fsp3) is 0.250. The first-order valence-corrected chi connectivity index (χ1v) is 30.7. The highest BCUT2D eigenvalue weighted by atomic mass is 32.2. The largest absolute Gasteiger partial charge is 0.134 e. The molecule has 9 rings (SSSR count). The first-order chi connectivity index (χ1) is 29.5. The van der Waals surface area contributed by atoms with Crippen LogP contribution in [0, 0.1) is 0 Å². The van der Waals surface area contributed by atoms with Gasteiger partial charge in [0.25, 0.3) is 0 Å². The van der Waals surface area contributed by atoms with Gasteiger partial charge >= 0.3 is 0 Å². The van der Waals surface area contributed by atoms with E-state index in [1.807, 2.05) is 137 Å². The van der Waals surface area contributed by atoms with E-state index in [2.05, 4.69) is 124 Å². The molecule has 9 aromatic rings. The molecule has 0 unspecified atom stereocenters. The van der Waals surface area contributed by atoms with Gasteiger partial charge in [-0.15, -0.1) is 137 Å². The molecule has 0 spiro atoms. The Labute approximate surface area is 403 Å². The molecule has 9 aromatic heterocycles. The lowest BCUT2D eigenvalue weighted by atomic mass is 10.1. The van der Waals surface area contributed by atoms with Crippen LogP contribution >= 0.6 is 137 Å². The average Bonchev–Trinajstić information content (AvgIpc) is 4.09. The van der Waals surface area contributed by atoms with Crippen molar-refractivity contribution < 1.29 is 0 Å². The summed E-state index contributed by atoms with van der Waals surface area (Å²) in [7, 11) is 0. The quantitative estimate of drug-likeness (QED) is 0.0552. The zero-order valence-electron chi connectivity index (χ0n) is 33.6. The molecule has 0 N–H and O–H groups in total. The van der Waals surface area contributed by atoms with Gasteiger partial charge in [-0.25, -0.2) is 0 Å². The van der Waals surface area contributed by atoms with Gasteiger partial charge in [-0.05, 0) is 140 Å². The number of thioether (sulfide) groups is 3. The van der Waals surface area contributed by atoms with E-state index in [-0.39, 0.29) is 0 Å². The van der Waals surface area contributed by atoms with Gasteiger partial charge in [-0.2, -0.15) is 0 Å². The van der Waals surface area contributed by atoms with Crippen molar-refractivity contribution in [3.63, 3.8) is 0 Å². The molecule has 0 fully saturated rings. The maximum absolute atomic E-state index is 2.48. The van der Waals surface area contributed by atoms with E-state index >= 15 is 0 Å². The summed E-state index contributed by atoms with van der Waals surface area (Å²) in [6.45, 7) is 6.81. The second-order valence-electron chi connectivity index (χ2n) is 14.1. The van der Waals surface area contributed by atoms with Crippen molar-refractivity contribution in [1.29, 1.82) is 0 Å². The van der Waals surface area contributed by atoms with Crippen LogP contribution < -0.4 is 0 Å². The van der Waals surface area contributed by atoms with Crippen LogP contribution in [-0.2, 0) is 0 Å². The topological polar surface area (TPSA) is 0 Å². The SMILES string of the molecule is CCCCSc1ccc(-c2ccc(-c3ccc(-c4cc(-c5ccc(-c6ccc(SCCCC)s6)s5)sc4-c4ccc(-c5ccc(-c6ccc(SCCCC)s6)s5)s4)s3)s2)s1. The fourth-order valence-electron chi connectivity index (χ4n) is 6.44. The minimum Gasteiger partial charge on any atom is -0.134 e. The van der Waals surface area contributed by atoms with Crippen LogP contribution in [0.4, 0.5) is 0 Å². The third-order valence-corrected chi connectivity index (χ3v) is 24.8. The van der Waals surface area contributed by atoms with Crippen molar-refractivity contribution in [2.45, 2.75) is 71.9 Å². The van der Waals surface area contributed by atoms with Crippen LogP contribution in [-0.4, -0.2) is 17.3 Å². The van der Waals surface area contributed by atoms with Gasteiger partial charge in [0, 0.05) is 73.8 Å². The Kier molecular flexibility index (Phi) is 15.2. The third kappa shape index (κ3) is 10.3. The lowest BCUT2D eigenvalue weighted by Gasteiger charge is -1.99. The Morgan fingerprint density at radius 1 is 0.300 bits per heavy atom. The Morgan fingerprint density at radius 2 is 0.583 bits per heavy atom. The van der Waals surface area contributed by atoms with Crippen LogP contribution in [0.2, 0.25) is 0 Å². The van der Waals surface area contributed by atoms with Gasteiger partial charge in [0.05, 0.1) is 17.5 Å². The van der Waals surface area contributed by atoms with Gasteiger partial charge in [0.15, 0.2) is 0 Å². The van der Waals surface area contributed by atoms with Crippen molar-refractivity contribution >= 4 is 137 Å². The van der Waals surface area contributed by atoms with Crippen LogP contribution in [0.1, 0.15) is 59.3 Å². The predicted molar refractivity (Wildman–Crippen MR) is 288 cm³/mol. The summed E-state index contributed by atoms with van der Waals surface area (Å²) < 4.78 is 4.28. The van der Waals surface area contributed by atoms with E-state index in [0.717, 1.165) is 0 Å². The average molecular weight is 1010 g/mol. The molecule has 0 aliphatic heterocycles. The van der Waals surface area contributed by atoms with E-state index in [4.69, 9.17) is 0 Å². The lowest BCUT2D eigenvalue weighted by molar-refractivity contribution is 0.896. The molecule has 0 aliphatic rings. The molecule has 0 radical (unpaired) electrons. The summed E-state index contributed by atoms with van der Waals surface area (Å²) in [5.41, 5.74) is 1.35. The molecular formula is C48H44S12. The van der Waals surface area contributed by atoms with Crippen LogP contribution in [0.3, 0.4) is 0 Å². The molecule has 0 aromatic carbocycles. The van der Waals surface area contributed by atoms with Gasteiger partial charge in [-0.1, -0.05) is 40.0 Å². The molecule has 0 saturated carbocycles. The van der Waals surface area contributed by atoms with E-state index in [1.165, 1.54) is 147 Å². The molecule has 308 valence electrons. The first-order valence-electron chi connectivity index (χ1n) is 20.4. The number of hydrogen-bond donors (Lipinski definition) is 0. The highest BCUT2D eigenvalue weighted by Gasteiger charge is 2.21. The molecule has 0 aliphatic carbocycles. The van der Waals surface area contributed by atoms with E-state index in [0.29, 0.717) is 0 Å². The summed E-state index contributed by atoms with van der Waals surface area (Å²) >= 11 is 23.4. The van der Waals surface area contributed by atoms with Gasteiger partial charge in [0.2, 0.25) is 0 Å². The molecule has 0 amide bonds. The molecule has 0 atom stereocenters.